The standard InChI is InChI=1S/C9H9N3O/c10-4-1-2-7-6-12-5-3-8(7)9(11)13/h3,5-6H,4,10H2,(H2,11,13). The Bertz CT molecular complexity index is 376. The van der Waals surface area contributed by atoms with Gasteiger partial charge in [-0.25, -0.2) is 0 Å². The number of aromatic nitrogens is 1. The van der Waals surface area contributed by atoms with E-state index in [4.69, 9.17) is 11.5 Å². The van der Waals surface area contributed by atoms with Gasteiger partial charge in [0, 0.05) is 12.4 Å². The maximum atomic E-state index is 10.9. The zero-order valence-electron chi connectivity index (χ0n) is 6.95. The molecule has 0 unspecified atom stereocenters. The fourth-order valence-electron chi connectivity index (χ4n) is 0.855. The van der Waals surface area contributed by atoms with E-state index in [1.807, 2.05) is 0 Å². The lowest BCUT2D eigenvalue weighted by atomic mass is 10.1. The molecule has 66 valence electrons. The summed E-state index contributed by atoms with van der Waals surface area (Å²) in [6.45, 7) is 0.243. The van der Waals surface area contributed by atoms with Crippen LogP contribution in [0.25, 0.3) is 0 Å². The summed E-state index contributed by atoms with van der Waals surface area (Å²) in [5, 5.41) is 0. The maximum absolute atomic E-state index is 10.9. The van der Waals surface area contributed by atoms with Gasteiger partial charge in [0.05, 0.1) is 17.7 Å². The Morgan fingerprint density at radius 3 is 3.00 bits per heavy atom. The molecule has 0 atom stereocenters. The normalized spacial score (nSPS) is 8.69. The van der Waals surface area contributed by atoms with Crippen molar-refractivity contribution in [2.24, 2.45) is 11.5 Å². The molecule has 0 radical (unpaired) electrons. The molecular weight excluding hydrogens is 166 g/mol. The van der Waals surface area contributed by atoms with E-state index in [9.17, 15) is 4.79 Å². The molecular formula is C9H9N3O. The first-order valence-corrected chi connectivity index (χ1v) is 3.68. The predicted molar refractivity (Wildman–Crippen MR) is 48.7 cm³/mol. The zero-order chi connectivity index (χ0) is 9.68. The van der Waals surface area contributed by atoms with Crippen LogP contribution in [0.3, 0.4) is 0 Å². The zero-order valence-corrected chi connectivity index (χ0v) is 6.95. The van der Waals surface area contributed by atoms with Gasteiger partial charge in [0.1, 0.15) is 0 Å². The SMILES string of the molecule is NCC#Cc1cnccc1C(N)=O. The highest BCUT2D eigenvalue weighted by Crippen LogP contribution is 2.03. The number of primary amides is 1. The molecule has 0 bridgehead atoms. The summed E-state index contributed by atoms with van der Waals surface area (Å²) in [7, 11) is 0. The summed E-state index contributed by atoms with van der Waals surface area (Å²) in [6.07, 6.45) is 2.98. The molecule has 1 aromatic heterocycles. The van der Waals surface area contributed by atoms with Gasteiger partial charge in [-0.15, -0.1) is 0 Å². The Morgan fingerprint density at radius 2 is 2.38 bits per heavy atom. The Hall–Kier alpha value is -1.86. The van der Waals surface area contributed by atoms with Crippen LogP contribution in [-0.2, 0) is 0 Å². The molecule has 4 N–H and O–H groups in total. The quantitative estimate of drug-likeness (QED) is 0.564. The van der Waals surface area contributed by atoms with Crippen LogP contribution in [0.1, 0.15) is 15.9 Å². The van der Waals surface area contributed by atoms with Crippen LogP contribution < -0.4 is 11.5 Å². The molecule has 0 aliphatic carbocycles. The number of carbonyl (C=O) groups excluding carboxylic acids is 1. The summed E-state index contributed by atoms with van der Waals surface area (Å²) in [5.74, 6) is 4.84. The fraction of sp³-hybridized carbons (Fsp3) is 0.111. The fourth-order valence-corrected chi connectivity index (χ4v) is 0.855. The van der Waals surface area contributed by atoms with Gasteiger partial charge in [0.25, 0.3) is 0 Å². The van der Waals surface area contributed by atoms with Crippen molar-refractivity contribution >= 4 is 5.91 Å². The maximum Gasteiger partial charge on any atom is 0.250 e. The summed E-state index contributed by atoms with van der Waals surface area (Å²) in [5.41, 5.74) is 11.2. The van der Waals surface area contributed by atoms with Crippen molar-refractivity contribution in [2.45, 2.75) is 0 Å². The molecule has 1 aromatic rings. The average molecular weight is 175 g/mol. The number of nitrogens with two attached hydrogens (primary N) is 2. The average Bonchev–Trinajstić information content (AvgIpc) is 2.15. The van der Waals surface area contributed by atoms with Crippen LogP contribution in [0.4, 0.5) is 0 Å². The number of hydrogen-bond acceptors (Lipinski definition) is 3. The molecule has 0 saturated heterocycles. The van der Waals surface area contributed by atoms with E-state index >= 15 is 0 Å². The highest BCUT2D eigenvalue weighted by Gasteiger charge is 2.04. The van der Waals surface area contributed by atoms with Gasteiger partial charge in [-0.2, -0.15) is 0 Å². The Morgan fingerprint density at radius 1 is 1.62 bits per heavy atom. The van der Waals surface area contributed by atoms with Crippen molar-refractivity contribution in [2.75, 3.05) is 6.54 Å². The third-order valence-corrected chi connectivity index (χ3v) is 1.41. The molecule has 0 aliphatic heterocycles. The third kappa shape index (κ3) is 2.29. The molecule has 0 aromatic carbocycles. The second-order valence-corrected chi connectivity index (χ2v) is 2.29. The predicted octanol–water partition coefficient (Wildman–Crippen LogP) is -0.509. The highest BCUT2D eigenvalue weighted by atomic mass is 16.1. The molecule has 4 heteroatoms. The summed E-state index contributed by atoms with van der Waals surface area (Å²) < 4.78 is 0. The van der Waals surface area contributed by atoms with Gasteiger partial charge in [-0.3, -0.25) is 9.78 Å². The largest absolute Gasteiger partial charge is 0.366 e. The molecule has 0 aliphatic rings. The van der Waals surface area contributed by atoms with E-state index in [1.54, 1.807) is 0 Å². The van der Waals surface area contributed by atoms with Crippen molar-refractivity contribution in [1.82, 2.24) is 4.98 Å². The number of pyridine rings is 1. The van der Waals surface area contributed by atoms with Gasteiger partial charge in [0.15, 0.2) is 0 Å². The second-order valence-electron chi connectivity index (χ2n) is 2.29. The lowest BCUT2D eigenvalue weighted by Crippen LogP contribution is -2.13. The lowest BCUT2D eigenvalue weighted by molar-refractivity contribution is 0.1000. The monoisotopic (exact) mass is 175 g/mol. The summed E-state index contributed by atoms with van der Waals surface area (Å²) in [6, 6.07) is 1.53. The lowest BCUT2D eigenvalue weighted by Gasteiger charge is -1.96. The first kappa shape index (κ1) is 9.23. The smallest absolute Gasteiger partial charge is 0.250 e. The van der Waals surface area contributed by atoms with Gasteiger partial charge in [-0.05, 0) is 6.07 Å². The van der Waals surface area contributed by atoms with Gasteiger partial charge in [-0.1, -0.05) is 11.8 Å². The molecule has 1 amide bonds. The molecule has 4 nitrogen and oxygen atoms in total. The van der Waals surface area contributed by atoms with E-state index in [1.165, 1.54) is 18.5 Å². The van der Waals surface area contributed by atoms with E-state index < -0.39 is 5.91 Å². The Balaban J connectivity index is 3.12. The number of amides is 1. The summed E-state index contributed by atoms with van der Waals surface area (Å²) >= 11 is 0. The minimum atomic E-state index is -0.510. The highest BCUT2D eigenvalue weighted by molar-refractivity contribution is 5.95. The topological polar surface area (TPSA) is 82.0 Å². The van der Waals surface area contributed by atoms with E-state index in [2.05, 4.69) is 16.8 Å². The van der Waals surface area contributed by atoms with Crippen LogP contribution in [0.2, 0.25) is 0 Å². The van der Waals surface area contributed by atoms with Crippen LogP contribution in [0, 0.1) is 11.8 Å². The van der Waals surface area contributed by atoms with Crippen molar-refractivity contribution < 1.29 is 4.79 Å². The van der Waals surface area contributed by atoms with Crippen molar-refractivity contribution in [3.05, 3.63) is 29.6 Å². The molecule has 0 saturated carbocycles. The Labute approximate surface area is 76.0 Å². The van der Waals surface area contributed by atoms with Crippen LogP contribution in [0.5, 0.6) is 0 Å². The first-order chi connectivity index (χ1) is 6.25. The minimum absolute atomic E-state index is 0.243. The van der Waals surface area contributed by atoms with Gasteiger partial charge >= 0.3 is 0 Å². The van der Waals surface area contributed by atoms with Crippen molar-refractivity contribution in [3.8, 4) is 11.8 Å². The molecule has 0 fully saturated rings. The third-order valence-electron chi connectivity index (χ3n) is 1.41. The summed E-state index contributed by atoms with van der Waals surface area (Å²) in [4.78, 5) is 14.7. The number of rotatable bonds is 1. The van der Waals surface area contributed by atoms with Crippen molar-refractivity contribution in [1.29, 1.82) is 0 Å². The van der Waals surface area contributed by atoms with Gasteiger partial charge in [0.2, 0.25) is 5.91 Å². The van der Waals surface area contributed by atoms with Crippen LogP contribution in [0.15, 0.2) is 18.5 Å². The van der Waals surface area contributed by atoms with Crippen molar-refractivity contribution in [3.63, 3.8) is 0 Å². The van der Waals surface area contributed by atoms with E-state index in [-0.39, 0.29) is 6.54 Å². The first-order valence-electron chi connectivity index (χ1n) is 3.68. The van der Waals surface area contributed by atoms with E-state index in [0.29, 0.717) is 11.1 Å². The molecule has 0 spiro atoms. The van der Waals surface area contributed by atoms with Gasteiger partial charge < -0.3 is 11.5 Å². The number of hydrogen-bond donors (Lipinski definition) is 2. The second kappa shape index (κ2) is 4.24. The molecule has 1 heterocycles. The molecule has 1 rings (SSSR count). The number of nitrogens with zero attached hydrogens (tertiary/aromatic N) is 1. The van der Waals surface area contributed by atoms with E-state index in [0.717, 1.165) is 0 Å². The number of carbonyl (C=O) groups is 1. The minimum Gasteiger partial charge on any atom is -0.366 e. The van der Waals surface area contributed by atoms with Crippen LogP contribution in [-0.4, -0.2) is 17.4 Å². The molecule has 13 heavy (non-hydrogen) atoms. The van der Waals surface area contributed by atoms with Crippen LogP contribution >= 0.6 is 0 Å². The Kier molecular flexibility index (Phi) is 3.01.